The zero-order chi connectivity index (χ0) is 74.8. The van der Waals surface area contributed by atoms with Gasteiger partial charge in [-0.3, -0.25) is 0 Å². The van der Waals surface area contributed by atoms with E-state index in [9.17, 15) is 5.11 Å². The van der Waals surface area contributed by atoms with Crippen molar-refractivity contribution >= 4 is 0 Å². The van der Waals surface area contributed by atoms with E-state index >= 15 is 0 Å². The first-order chi connectivity index (χ1) is 50.0. The molecule has 0 unspecified atom stereocenters. The maximum atomic E-state index is 12.8. The molecule has 4 rings (SSSR count). The van der Waals surface area contributed by atoms with Crippen molar-refractivity contribution in [3.63, 3.8) is 0 Å². The molecule has 4 nitrogen and oxygen atoms in total. The van der Waals surface area contributed by atoms with Crippen molar-refractivity contribution in [2.24, 2.45) is 0 Å². The Bertz CT molecular complexity index is 2790. The summed E-state index contributed by atoms with van der Waals surface area (Å²) in [5, 5.41) is 12.8. The van der Waals surface area contributed by atoms with Gasteiger partial charge in [0.25, 0.3) is 0 Å². The normalized spacial score (nSPS) is 12.1. The number of aromatic hydroxyl groups is 1. The molecule has 4 aromatic rings. The van der Waals surface area contributed by atoms with E-state index in [0.717, 1.165) is 80.6 Å². The van der Waals surface area contributed by atoms with Gasteiger partial charge in [-0.2, -0.15) is 0 Å². The molecule has 0 heterocycles. The second-order valence-electron chi connectivity index (χ2n) is 34.3. The smallest absolute Gasteiger partial charge is 0.123 e. The first kappa shape index (κ1) is 91.5. The molecule has 588 valence electrons. The Morgan fingerprint density at radius 3 is 0.660 bits per heavy atom. The van der Waals surface area contributed by atoms with Crippen molar-refractivity contribution in [1.29, 1.82) is 0 Å². The Hall–Kier alpha value is -3.92. The molecule has 0 aliphatic rings. The fourth-order valence-electron chi connectivity index (χ4n) is 16.7. The Morgan fingerprint density at radius 1 is 0.204 bits per heavy atom. The minimum absolute atomic E-state index is 0.355. The molecule has 0 amide bonds. The van der Waals surface area contributed by atoms with E-state index in [4.69, 9.17) is 14.2 Å². The van der Waals surface area contributed by atoms with Crippen LogP contribution in [-0.4, -0.2) is 21.9 Å². The number of rotatable bonds is 66. The number of phenols is 1. The lowest BCUT2D eigenvalue weighted by atomic mass is 9.82. The maximum absolute atomic E-state index is 12.8. The van der Waals surface area contributed by atoms with Gasteiger partial charge in [-0.15, -0.1) is 0 Å². The third-order valence-corrected chi connectivity index (χ3v) is 22.8. The van der Waals surface area contributed by atoms with E-state index in [0.29, 0.717) is 25.0 Å². The summed E-state index contributed by atoms with van der Waals surface area (Å²) in [6.07, 6.45) is 69.6. The van der Waals surface area contributed by atoms with Gasteiger partial charge in [-0.05, 0) is 243 Å². The van der Waals surface area contributed by atoms with Crippen LogP contribution in [0.3, 0.4) is 0 Å². The van der Waals surface area contributed by atoms with Crippen molar-refractivity contribution in [1.82, 2.24) is 0 Å². The van der Waals surface area contributed by atoms with Crippen molar-refractivity contribution in [3.8, 4) is 23.0 Å². The molecule has 4 heteroatoms. The lowest BCUT2D eigenvalue weighted by Gasteiger charge is -2.35. The molecule has 1 N–H and O–H groups in total. The molecule has 0 saturated carbocycles. The van der Waals surface area contributed by atoms with Crippen LogP contribution in [0.15, 0.2) is 48.5 Å². The third kappa shape index (κ3) is 36.7. The number of ether oxygens (including phenoxy) is 3. The highest BCUT2D eigenvalue weighted by molar-refractivity contribution is 5.51. The molecule has 0 saturated heterocycles. The largest absolute Gasteiger partial charge is 0.508 e. The third-order valence-electron chi connectivity index (χ3n) is 22.8. The van der Waals surface area contributed by atoms with Gasteiger partial charge in [0, 0.05) is 24.8 Å². The maximum Gasteiger partial charge on any atom is 0.123 e. The highest BCUT2D eigenvalue weighted by atomic mass is 16.5. The molecular formula is C99H168O4. The summed E-state index contributed by atoms with van der Waals surface area (Å²) in [5.41, 5.74) is 15.4. The summed E-state index contributed by atoms with van der Waals surface area (Å²) < 4.78 is 23.2. The van der Waals surface area contributed by atoms with Crippen LogP contribution >= 0.6 is 0 Å². The molecule has 0 spiro atoms. The van der Waals surface area contributed by atoms with E-state index in [2.05, 4.69) is 146 Å². The summed E-state index contributed by atoms with van der Waals surface area (Å²) >= 11 is 0. The van der Waals surface area contributed by atoms with Crippen LogP contribution in [0.1, 0.15) is 460 Å². The average molecular weight is 1420 g/mol. The fourth-order valence-corrected chi connectivity index (χ4v) is 16.7. The molecule has 0 aliphatic heterocycles. The highest BCUT2D eigenvalue weighted by Gasteiger charge is 2.34. The van der Waals surface area contributed by atoms with Crippen LogP contribution < -0.4 is 14.2 Å². The standard InChI is InChI=1S/C99H168O4/c1-16-25-34-43-52-61-81-71-75-94(88(67-58-49-40-31-22-7)85(81)64-55-46-37-28-19-4)101-97(10,11)78-84-70-74-93(100)92(80-99(14,15)103-96-77-73-83(63-54-45-36-27-18-3)87(66-57-48-39-30-21-6)90(96)69-60-51-42-33-24-9)91(84)79-98(12,13)102-95-76-72-82(62-53-44-35-26-17-2)86(65-56-47-38-29-20-5)89(95)68-59-50-41-32-23-8/h70-77,100H,16-69,78-80H2,1-15H3. The van der Waals surface area contributed by atoms with E-state index in [1.807, 2.05) is 6.07 Å². The average Bonchev–Trinajstić information content (AvgIpc) is 0.784. The second-order valence-corrected chi connectivity index (χ2v) is 34.3. The topological polar surface area (TPSA) is 47.9 Å². The first-order valence-electron chi connectivity index (χ1n) is 45.3. The van der Waals surface area contributed by atoms with Crippen molar-refractivity contribution in [2.75, 3.05) is 0 Å². The van der Waals surface area contributed by atoms with Crippen LogP contribution in [0.25, 0.3) is 0 Å². The minimum Gasteiger partial charge on any atom is -0.508 e. The second kappa shape index (κ2) is 54.6. The molecule has 0 aromatic heterocycles. The molecule has 0 fully saturated rings. The zero-order valence-electron chi connectivity index (χ0n) is 71.1. The SMILES string of the molecule is CCCCCCCc1ccc(OC(C)(C)Cc2ccc(O)c(CC(C)(C)Oc3ccc(CCCCCCC)c(CCCCCCC)c3CCCCCCC)c2CC(C)(C)Oc2ccc(CCCCCCC)c(CCCCCCC)c2CCCCCCC)c(CCCCCCC)c1CCCCCCC. The molecule has 0 bridgehead atoms. The fraction of sp³-hybridized carbons (Fsp3) is 0.758. The Morgan fingerprint density at radius 2 is 0.408 bits per heavy atom. The van der Waals surface area contributed by atoms with Crippen LogP contribution in [0.2, 0.25) is 0 Å². The molecule has 0 aliphatic carbocycles. The molecular weight excluding hydrogens is 1250 g/mol. The zero-order valence-corrected chi connectivity index (χ0v) is 71.1. The van der Waals surface area contributed by atoms with Crippen molar-refractivity contribution < 1.29 is 19.3 Å². The van der Waals surface area contributed by atoms with Crippen LogP contribution in [-0.2, 0) is 77.0 Å². The van der Waals surface area contributed by atoms with E-state index in [-0.39, 0.29) is 0 Å². The van der Waals surface area contributed by atoms with Crippen LogP contribution in [0.4, 0.5) is 0 Å². The molecule has 103 heavy (non-hydrogen) atoms. The van der Waals surface area contributed by atoms with Gasteiger partial charge in [0.05, 0.1) is 0 Å². The summed E-state index contributed by atoms with van der Waals surface area (Å²) in [6.45, 7) is 35.0. The van der Waals surface area contributed by atoms with Gasteiger partial charge in [0.2, 0.25) is 0 Å². The van der Waals surface area contributed by atoms with Gasteiger partial charge >= 0.3 is 0 Å². The van der Waals surface area contributed by atoms with E-state index in [1.54, 1.807) is 33.4 Å². The number of hydrogen-bond donors (Lipinski definition) is 1. The van der Waals surface area contributed by atoms with Crippen LogP contribution in [0.5, 0.6) is 23.0 Å². The predicted octanol–water partition coefficient (Wildman–Crippen LogP) is 31.2. The number of benzene rings is 4. The lowest BCUT2D eigenvalue weighted by molar-refractivity contribution is 0.0976. The number of phenolic OH excluding ortho intramolecular Hbond substituents is 1. The van der Waals surface area contributed by atoms with E-state index < -0.39 is 16.8 Å². The van der Waals surface area contributed by atoms with Crippen LogP contribution in [0, 0.1) is 0 Å². The van der Waals surface area contributed by atoms with Crippen molar-refractivity contribution in [3.05, 3.63) is 115 Å². The summed E-state index contributed by atoms with van der Waals surface area (Å²) in [4.78, 5) is 0. The van der Waals surface area contributed by atoms with Crippen molar-refractivity contribution in [2.45, 2.75) is 487 Å². The van der Waals surface area contributed by atoms with Gasteiger partial charge < -0.3 is 19.3 Å². The Balaban J connectivity index is 1.99. The first-order valence-corrected chi connectivity index (χ1v) is 45.3. The van der Waals surface area contributed by atoms with Gasteiger partial charge in [-0.25, -0.2) is 0 Å². The predicted molar refractivity (Wildman–Crippen MR) is 455 cm³/mol. The summed E-state index contributed by atoms with van der Waals surface area (Å²) in [6, 6.07) is 18.8. The van der Waals surface area contributed by atoms with Gasteiger partial charge in [0.1, 0.15) is 39.8 Å². The van der Waals surface area contributed by atoms with Gasteiger partial charge in [0.15, 0.2) is 0 Å². The molecule has 0 radical (unpaired) electrons. The lowest BCUT2D eigenvalue weighted by Crippen LogP contribution is -2.36. The monoisotopic (exact) mass is 1420 g/mol. The molecule has 4 aromatic carbocycles. The summed E-state index contributed by atoms with van der Waals surface area (Å²) in [7, 11) is 0. The molecule has 0 atom stereocenters. The van der Waals surface area contributed by atoms with E-state index in [1.165, 1.54) is 317 Å². The highest BCUT2D eigenvalue weighted by Crippen LogP contribution is 2.42. The minimum atomic E-state index is -0.654. The summed E-state index contributed by atoms with van der Waals surface area (Å²) in [5.74, 6) is 3.59. The Labute approximate surface area is 640 Å². The quantitative estimate of drug-likeness (QED) is 0.0448. The Kier molecular flexibility index (Phi) is 48.5. The number of unbranched alkanes of at least 4 members (excludes halogenated alkanes) is 36. The number of aryl methyl sites for hydroxylation is 3. The number of hydrogen-bond acceptors (Lipinski definition) is 4. The van der Waals surface area contributed by atoms with Gasteiger partial charge in [-0.1, -0.05) is 318 Å².